The number of hydrogen-bond donors (Lipinski definition) is 2. The number of aryl methyl sites for hydroxylation is 1. The van der Waals surface area contributed by atoms with Gasteiger partial charge in [-0.2, -0.15) is 0 Å². The number of nitrogens with two attached hydrogens (primary N) is 1. The summed E-state index contributed by atoms with van der Waals surface area (Å²) in [6.07, 6.45) is 0. The SMILES string of the molecule is Cc1ccc(N)c(C(=O)Nc2ccc(F)c(F)c2)c1. The number of anilines is 2. The van der Waals surface area contributed by atoms with Gasteiger partial charge in [-0.3, -0.25) is 4.79 Å². The zero-order chi connectivity index (χ0) is 14.0. The first-order valence-corrected chi connectivity index (χ1v) is 5.60. The van der Waals surface area contributed by atoms with Crippen molar-refractivity contribution in [1.29, 1.82) is 0 Å². The van der Waals surface area contributed by atoms with Crippen molar-refractivity contribution in [1.82, 2.24) is 0 Å². The first-order valence-electron chi connectivity index (χ1n) is 5.60. The predicted molar refractivity (Wildman–Crippen MR) is 69.9 cm³/mol. The maximum absolute atomic E-state index is 13.0. The number of carbonyl (C=O) groups excluding carboxylic acids is 1. The van der Waals surface area contributed by atoms with Crippen molar-refractivity contribution in [2.24, 2.45) is 0 Å². The van der Waals surface area contributed by atoms with Gasteiger partial charge >= 0.3 is 0 Å². The van der Waals surface area contributed by atoms with Crippen LogP contribution in [0, 0.1) is 18.6 Å². The molecule has 0 saturated heterocycles. The standard InChI is InChI=1S/C14H12F2N2O/c1-8-2-5-13(17)10(6-8)14(19)18-9-3-4-11(15)12(16)7-9/h2-7H,17H2,1H3,(H,18,19). The summed E-state index contributed by atoms with van der Waals surface area (Å²) in [5.41, 5.74) is 7.37. The van der Waals surface area contributed by atoms with Crippen LogP contribution in [0.5, 0.6) is 0 Å². The lowest BCUT2D eigenvalue weighted by atomic mass is 10.1. The Bertz CT molecular complexity index is 641. The maximum atomic E-state index is 13.0. The second-order valence-electron chi connectivity index (χ2n) is 4.17. The molecule has 1 amide bonds. The number of halogens is 2. The molecule has 3 N–H and O–H groups in total. The van der Waals surface area contributed by atoms with E-state index in [2.05, 4.69) is 5.32 Å². The maximum Gasteiger partial charge on any atom is 0.257 e. The first kappa shape index (κ1) is 13.0. The van der Waals surface area contributed by atoms with Crippen LogP contribution in [0.4, 0.5) is 20.2 Å². The van der Waals surface area contributed by atoms with Gasteiger partial charge in [0.2, 0.25) is 0 Å². The van der Waals surface area contributed by atoms with E-state index in [9.17, 15) is 13.6 Å². The second-order valence-corrected chi connectivity index (χ2v) is 4.17. The van der Waals surface area contributed by atoms with E-state index in [1.165, 1.54) is 6.07 Å². The third kappa shape index (κ3) is 2.88. The van der Waals surface area contributed by atoms with Gasteiger partial charge in [0.25, 0.3) is 5.91 Å². The summed E-state index contributed by atoms with van der Waals surface area (Å²) in [6, 6.07) is 8.18. The molecular weight excluding hydrogens is 250 g/mol. The summed E-state index contributed by atoms with van der Waals surface area (Å²) in [5.74, 6) is -2.45. The molecule has 98 valence electrons. The normalized spacial score (nSPS) is 10.3. The molecule has 0 radical (unpaired) electrons. The fourth-order valence-corrected chi connectivity index (χ4v) is 1.64. The molecule has 2 aromatic rings. The smallest absolute Gasteiger partial charge is 0.257 e. The summed E-state index contributed by atoms with van der Waals surface area (Å²) >= 11 is 0. The molecule has 0 saturated carbocycles. The molecule has 0 unspecified atom stereocenters. The largest absolute Gasteiger partial charge is 0.398 e. The summed E-state index contributed by atoms with van der Waals surface area (Å²) in [7, 11) is 0. The van der Waals surface area contributed by atoms with Crippen LogP contribution < -0.4 is 11.1 Å². The minimum Gasteiger partial charge on any atom is -0.398 e. The Kier molecular flexibility index (Phi) is 3.46. The van der Waals surface area contributed by atoms with E-state index in [-0.39, 0.29) is 5.69 Å². The van der Waals surface area contributed by atoms with Crippen molar-refractivity contribution in [2.75, 3.05) is 11.1 Å². The highest BCUT2D eigenvalue weighted by Gasteiger charge is 2.11. The van der Waals surface area contributed by atoms with Crippen LogP contribution in [0.3, 0.4) is 0 Å². The van der Waals surface area contributed by atoms with Gasteiger partial charge in [0.05, 0.1) is 5.56 Å². The third-order valence-corrected chi connectivity index (χ3v) is 2.63. The van der Waals surface area contributed by atoms with E-state index in [0.717, 1.165) is 17.7 Å². The van der Waals surface area contributed by atoms with Gasteiger partial charge in [-0.1, -0.05) is 11.6 Å². The Labute approximate surface area is 109 Å². The van der Waals surface area contributed by atoms with Crippen molar-refractivity contribution < 1.29 is 13.6 Å². The van der Waals surface area contributed by atoms with E-state index in [4.69, 9.17) is 5.73 Å². The number of rotatable bonds is 2. The zero-order valence-electron chi connectivity index (χ0n) is 10.2. The Balaban J connectivity index is 2.25. The molecular formula is C14H12F2N2O. The van der Waals surface area contributed by atoms with E-state index in [0.29, 0.717) is 11.3 Å². The zero-order valence-corrected chi connectivity index (χ0v) is 10.2. The van der Waals surface area contributed by atoms with Gasteiger partial charge in [-0.15, -0.1) is 0 Å². The van der Waals surface area contributed by atoms with E-state index in [1.54, 1.807) is 18.2 Å². The minimum absolute atomic E-state index is 0.171. The van der Waals surface area contributed by atoms with Crippen LogP contribution in [0.1, 0.15) is 15.9 Å². The Morgan fingerprint density at radius 1 is 1.11 bits per heavy atom. The highest BCUT2D eigenvalue weighted by molar-refractivity contribution is 6.07. The highest BCUT2D eigenvalue weighted by Crippen LogP contribution is 2.18. The molecule has 0 bridgehead atoms. The Morgan fingerprint density at radius 3 is 2.53 bits per heavy atom. The number of nitrogens with one attached hydrogen (secondary N) is 1. The number of nitrogen functional groups attached to an aromatic ring is 1. The highest BCUT2D eigenvalue weighted by atomic mass is 19.2. The Morgan fingerprint density at radius 2 is 1.84 bits per heavy atom. The van der Waals surface area contributed by atoms with Gasteiger partial charge in [-0.25, -0.2) is 8.78 Å². The number of amides is 1. The summed E-state index contributed by atoms with van der Waals surface area (Å²) < 4.78 is 25.8. The van der Waals surface area contributed by atoms with Crippen LogP contribution >= 0.6 is 0 Å². The van der Waals surface area contributed by atoms with E-state index < -0.39 is 17.5 Å². The Hall–Kier alpha value is -2.43. The van der Waals surface area contributed by atoms with Gasteiger partial charge in [0.1, 0.15) is 0 Å². The fraction of sp³-hybridized carbons (Fsp3) is 0.0714. The number of carbonyl (C=O) groups is 1. The molecule has 2 aromatic carbocycles. The molecule has 0 fully saturated rings. The molecule has 2 rings (SSSR count). The molecule has 0 heterocycles. The topological polar surface area (TPSA) is 55.1 Å². The van der Waals surface area contributed by atoms with Crippen molar-refractivity contribution in [3.63, 3.8) is 0 Å². The quantitative estimate of drug-likeness (QED) is 0.817. The second kappa shape index (κ2) is 5.06. The average Bonchev–Trinajstić information content (AvgIpc) is 2.36. The van der Waals surface area contributed by atoms with Crippen molar-refractivity contribution >= 4 is 17.3 Å². The van der Waals surface area contributed by atoms with Gasteiger partial charge in [0.15, 0.2) is 11.6 Å². The van der Waals surface area contributed by atoms with Crippen LogP contribution in [0.25, 0.3) is 0 Å². The summed E-state index contributed by atoms with van der Waals surface area (Å²) in [4.78, 5) is 12.0. The molecule has 0 aliphatic rings. The molecule has 0 aromatic heterocycles. The van der Waals surface area contributed by atoms with Crippen LogP contribution in [-0.2, 0) is 0 Å². The monoisotopic (exact) mass is 262 g/mol. The van der Waals surface area contributed by atoms with Gasteiger partial charge in [-0.05, 0) is 31.2 Å². The fourth-order valence-electron chi connectivity index (χ4n) is 1.64. The molecule has 19 heavy (non-hydrogen) atoms. The third-order valence-electron chi connectivity index (χ3n) is 2.63. The van der Waals surface area contributed by atoms with Gasteiger partial charge in [0, 0.05) is 17.4 Å². The summed E-state index contributed by atoms with van der Waals surface area (Å²) in [5, 5.41) is 2.47. The number of benzene rings is 2. The predicted octanol–water partition coefficient (Wildman–Crippen LogP) is 3.11. The van der Waals surface area contributed by atoms with Crippen LogP contribution in [-0.4, -0.2) is 5.91 Å². The lowest BCUT2D eigenvalue weighted by Crippen LogP contribution is -2.14. The molecule has 0 atom stereocenters. The summed E-state index contributed by atoms with van der Waals surface area (Å²) in [6.45, 7) is 1.83. The van der Waals surface area contributed by atoms with Gasteiger partial charge < -0.3 is 11.1 Å². The lowest BCUT2D eigenvalue weighted by Gasteiger charge is -2.08. The van der Waals surface area contributed by atoms with Crippen LogP contribution in [0.15, 0.2) is 36.4 Å². The van der Waals surface area contributed by atoms with E-state index >= 15 is 0 Å². The lowest BCUT2D eigenvalue weighted by molar-refractivity contribution is 0.102. The minimum atomic E-state index is -1.02. The molecule has 5 heteroatoms. The van der Waals surface area contributed by atoms with Crippen LogP contribution in [0.2, 0.25) is 0 Å². The van der Waals surface area contributed by atoms with Crippen molar-refractivity contribution in [2.45, 2.75) is 6.92 Å². The molecule has 0 aliphatic carbocycles. The first-order chi connectivity index (χ1) is 8.97. The van der Waals surface area contributed by atoms with Crippen molar-refractivity contribution in [3.8, 4) is 0 Å². The average molecular weight is 262 g/mol. The molecule has 0 aliphatic heterocycles. The molecule has 3 nitrogen and oxygen atoms in total. The number of hydrogen-bond acceptors (Lipinski definition) is 2. The molecule has 0 spiro atoms. The van der Waals surface area contributed by atoms with E-state index in [1.807, 2.05) is 6.92 Å². The van der Waals surface area contributed by atoms with Crippen molar-refractivity contribution in [3.05, 3.63) is 59.2 Å².